The Kier molecular flexibility index (Phi) is 8.52. The number of aliphatic hydroxyl groups is 1. The first-order chi connectivity index (χ1) is 19.0. The molecule has 0 fully saturated rings. The SMILES string of the molecule is CN(C)CC(O)COc1ccc(Nc2ncc(CNc3ccc4ccsc4c3)c(Nc3ccccc3)n2)cc1. The molecule has 8 nitrogen and oxygen atoms in total. The molecule has 200 valence electrons. The van der Waals surface area contributed by atoms with Crippen molar-refractivity contribution in [1.29, 1.82) is 0 Å². The van der Waals surface area contributed by atoms with Crippen molar-refractivity contribution in [3.8, 4) is 5.75 Å². The maximum Gasteiger partial charge on any atom is 0.229 e. The Morgan fingerprint density at radius 1 is 0.923 bits per heavy atom. The first kappa shape index (κ1) is 26.4. The van der Waals surface area contributed by atoms with Gasteiger partial charge in [-0.25, -0.2) is 4.98 Å². The summed E-state index contributed by atoms with van der Waals surface area (Å²) in [5.41, 5.74) is 3.77. The third kappa shape index (κ3) is 7.44. The number of thiophene rings is 1. The summed E-state index contributed by atoms with van der Waals surface area (Å²) in [6, 6.07) is 26.0. The minimum Gasteiger partial charge on any atom is -0.491 e. The van der Waals surface area contributed by atoms with Gasteiger partial charge in [-0.15, -0.1) is 11.3 Å². The summed E-state index contributed by atoms with van der Waals surface area (Å²) in [6.07, 6.45) is 1.29. The van der Waals surface area contributed by atoms with Gasteiger partial charge in [-0.05, 0) is 79.5 Å². The second-order valence-corrected chi connectivity index (χ2v) is 10.4. The van der Waals surface area contributed by atoms with E-state index in [-0.39, 0.29) is 6.61 Å². The second kappa shape index (κ2) is 12.6. The molecule has 2 aromatic heterocycles. The van der Waals surface area contributed by atoms with E-state index in [2.05, 4.69) is 50.6 Å². The molecular formula is C30H32N6O2S. The molecule has 5 aromatic rings. The highest BCUT2D eigenvalue weighted by atomic mass is 32.1. The molecule has 39 heavy (non-hydrogen) atoms. The van der Waals surface area contributed by atoms with Crippen LogP contribution in [0.3, 0.4) is 0 Å². The van der Waals surface area contributed by atoms with E-state index < -0.39 is 6.10 Å². The van der Waals surface area contributed by atoms with Crippen LogP contribution in [0.4, 0.5) is 28.8 Å². The zero-order valence-corrected chi connectivity index (χ0v) is 22.8. The van der Waals surface area contributed by atoms with Gasteiger partial charge >= 0.3 is 0 Å². The Bertz CT molecular complexity index is 1490. The van der Waals surface area contributed by atoms with Gasteiger partial charge in [0.2, 0.25) is 5.95 Å². The number of ether oxygens (including phenoxy) is 1. The summed E-state index contributed by atoms with van der Waals surface area (Å²) in [6.45, 7) is 1.35. The molecule has 0 aliphatic heterocycles. The number of anilines is 5. The number of likely N-dealkylation sites (N-methyl/N-ethyl adjacent to an activating group) is 1. The van der Waals surface area contributed by atoms with E-state index in [1.54, 1.807) is 11.3 Å². The third-order valence-electron chi connectivity index (χ3n) is 5.97. The molecule has 5 rings (SSSR count). The number of para-hydroxylation sites is 1. The largest absolute Gasteiger partial charge is 0.491 e. The maximum absolute atomic E-state index is 10.0. The second-order valence-electron chi connectivity index (χ2n) is 9.46. The molecular weight excluding hydrogens is 508 g/mol. The minimum absolute atomic E-state index is 0.235. The first-order valence-electron chi connectivity index (χ1n) is 12.7. The average molecular weight is 541 g/mol. The van der Waals surface area contributed by atoms with Crippen molar-refractivity contribution < 1.29 is 9.84 Å². The molecule has 9 heteroatoms. The lowest BCUT2D eigenvalue weighted by Crippen LogP contribution is -2.30. The minimum atomic E-state index is -0.548. The van der Waals surface area contributed by atoms with Gasteiger partial charge in [0, 0.05) is 46.6 Å². The lowest BCUT2D eigenvalue weighted by atomic mass is 10.2. The van der Waals surface area contributed by atoms with Crippen molar-refractivity contribution in [2.24, 2.45) is 0 Å². The zero-order chi connectivity index (χ0) is 27.0. The standard InChI is InChI=1S/C30H32N6O2S/c1-36(2)19-26(37)20-38-27-12-10-24(11-13-27)34-30-32-18-22(29(35-30)33-23-6-4-3-5-7-23)17-31-25-9-8-21-14-15-39-28(21)16-25/h3-16,18,26,31,37H,17,19-20H2,1-2H3,(H2,32,33,34,35). The number of hydrogen-bond donors (Lipinski definition) is 4. The van der Waals surface area contributed by atoms with Crippen LogP contribution in [0.15, 0.2) is 90.4 Å². The lowest BCUT2D eigenvalue weighted by molar-refractivity contribution is 0.0831. The fraction of sp³-hybridized carbons (Fsp3) is 0.200. The monoisotopic (exact) mass is 540 g/mol. The molecule has 2 heterocycles. The summed E-state index contributed by atoms with van der Waals surface area (Å²) < 4.78 is 6.96. The average Bonchev–Trinajstić information content (AvgIpc) is 3.41. The Morgan fingerprint density at radius 3 is 2.49 bits per heavy atom. The third-order valence-corrected chi connectivity index (χ3v) is 6.85. The van der Waals surface area contributed by atoms with E-state index in [0.29, 0.717) is 24.8 Å². The smallest absolute Gasteiger partial charge is 0.229 e. The summed E-state index contributed by atoms with van der Waals surface area (Å²) in [5.74, 6) is 1.89. The van der Waals surface area contributed by atoms with Gasteiger partial charge in [-0.1, -0.05) is 24.3 Å². The lowest BCUT2D eigenvalue weighted by Gasteiger charge is -2.16. The van der Waals surface area contributed by atoms with E-state index in [9.17, 15) is 5.11 Å². The number of rotatable bonds is 12. The summed E-state index contributed by atoms with van der Waals surface area (Å²) in [7, 11) is 3.84. The van der Waals surface area contributed by atoms with Gasteiger partial charge in [0.1, 0.15) is 24.3 Å². The van der Waals surface area contributed by atoms with E-state index >= 15 is 0 Å². The van der Waals surface area contributed by atoms with Crippen molar-refractivity contribution in [1.82, 2.24) is 14.9 Å². The van der Waals surface area contributed by atoms with Crippen LogP contribution in [0.5, 0.6) is 5.75 Å². The molecule has 0 bridgehead atoms. The maximum atomic E-state index is 10.0. The number of aliphatic hydroxyl groups excluding tert-OH is 1. The molecule has 0 amide bonds. The first-order valence-corrected chi connectivity index (χ1v) is 13.6. The topological polar surface area (TPSA) is 94.6 Å². The molecule has 0 radical (unpaired) electrons. The predicted molar refractivity (Wildman–Crippen MR) is 161 cm³/mol. The van der Waals surface area contributed by atoms with Crippen LogP contribution in [0, 0.1) is 0 Å². The fourth-order valence-corrected chi connectivity index (χ4v) is 4.88. The summed E-state index contributed by atoms with van der Waals surface area (Å²) in [4.78, 5) is 11.3. The van der Waals surface area contributed by atoms with Crippen LogP contribution in [0.2, 0.25) is 0 Å². The van der Waals surface area contributed by atoms with Gasteiger partial charge in [-0.3, -0.25) is 0 Å². The Labute approximate surface area is 232 Å². The van der Waals surface area contributed by atoms with Crippen LogP contribution in [-0.2, 0) is 6.54 Å². The number of benzene rings is 3. The molecule has 0 aliphatic rings. The van der Waals surface area contributed by atoms with Gasteiger partial charge in [-0.2, -0.15) is 4.98 Å². The van der Waals surface area contributed by atoms with E-state index in [1.165, 1.54) is 10.1 Å². The molecule has 1 unspecified atom stereocenters. The quantitative estimate of drug-likeness (QED) is 0.151. The zero-order valence-electron chi connectivity index (χ0n) is 22.0. The number of fused-ring (bicyclic) bond motifs is 1. The highest BCUT2D eigenvalue weighted by Gasteiger charge is 2.10. The van der Waals surface area contributed by atoms with Crippen molar-refractivity contribution >= 4 is 50.3 Å². The molecule has 0 saturated carbocycles. The molecule has 0 aliphatic carbocycles. The number of nitrogens with one attached hydrogen (secondary N) is 3. The van der Waals surface area contributed by atoms with Crippen LogP contribution >= 0.6 is 11.3 Å². The van der Waals surface area contributed by atoms with E-state index in [0.717, 1.165) is 28.4 Å². The Hall–Kier alpha value is -4.18. The molecule has 3 aromatic carbocycles. The van der Waals surface area contributed by atoms with Crippen LogP contribution < -0.4 is 20.7 Å². The van der Waals surface area contributed by atoms with Crippen molar-refractivity contribution in [3.05, 3.63) is 96.0 Å². The van der Waals surface area contributed by atoms with Gasteiger partial charge in [0.15, 0.2) is 0 Å². The summed E-state index contributed by atoms with van der Waals surface area (Å²) in [5, 5.41) is 23.6. The van der Waals surface area contributed by atoms with Gasteiger partial charge in [0.25, 0.3) is 0 Å². The van der Waals surface area contributed by atoms with Crippen molar-refractivity contribution in [3.63, 3.8) is 0 Å². The van der Waals surface area contributed by atoms with Crippen LogP contribution in [0.1, 0.15) is 5.56 Å². The highest BCUT2D eigenvalue weighted by Crippen LogP contribution is 2.26. The molecule has 0 saturated heterocycles. The molecule has 1 atom stereocenters. The fourth-order valence-electron chi connectivity index (χ4n) is 4.06. The summed E-state index contributed by atoms with van der Waals surface area (Å²) >= 11 is 1.73. The van der Waals surface area contributed by atoms with Crippen molar-refractivity contribution in [2.45, 2.75) is 12.6 Å². The Balaban J connectivity index is 1.28. The van der Waals surface area contributed by atoms with Gasteiger partial charge in [0.05, 0.1) is 0 Å². The number of aromatic nitrogens is 2. The van der Waals surface area contributed by atoms with Crippen LogP contribution in [-0.4, -0.2) is 53.3 Å². The molecule has 4 N–H and O–H groups in total. The highest BCUT2D eigenvalue weighted by molar-refractivity contribution is 7.17. The van der Waals surface area contributed by atoms with Crippen molar-refractivity contribution in [2.75, 3.05) is 43.2 Å². The Morgan fingerprint density at radius 2 is 1.69 bits per heavy atom. The number of hydrogen-bond acceptors (Lipinski definition) is 9. The number of nitrogens with zero attached hydrogens (tertiary/aromatic N) is 3. The molecule has 0 spiro atoms. The van der Waals surface area contributed by atoms with Gasteiger partial charge < -0.3 is 30.7 Å². The van der Waals surface area contributed by atoms with E-state index in [4.69, 9.17) is 9.72 Å². The normalized spacial score (nSPS) is 11.9. The van der Waals surface area contributed by atoms with E-state index in [1.807, 2.05) is 79.8 Å². The van der Waals surface area contributed by atoms with Crippen LogP contribution in [0.25, 0.3) is 10.1 Å². The predicted octanol–water partition coefficient (Wildman–Crippen LogP) is 6.09.